The first-order valence-electron chi connectivity index (χ1n) is 6.17. The summed E-state index contributed by atoms with van der Waals surface area (Å²) in [5.74, 6) is 1.41. The van der Waals surface area contributed by atoms with Crippen LogP contribution in [-0.4, -0.2) is 38.3 Å². The number of hydrogen-bond acceptors (Lipinski definition) is 4. The number of nitrogens with two attached hydrogens (primary N) is 1. The lowest BCUT2D eigenvalue weighted by atomic mass is 10.1. The Morgan fingerprint density at radius 2 is 2.11 bits per heavy atom. The number of ether oxygens (including phenoxy) is 2. The molecule has 0 aliphatic carbocycles. The Morgan fingerprint density at radius 1 is 1.33 bits per heavy atom. The maximum absolute atomic E-state index is 6.19. The van der Waals surface area contributed by atoms with Crippen molar-refractivity contribution in [2.24, 2.45) is 5.73 Å². The van der Waals surface area contributed by atoms with Crippen LogP contribution in [-0.2, 0) is 6.54 Å². The predicted octanol–water partition coefficient (Wildman–Crippen LogP) is 1.89. The maximum Gasteiger partial charge on any atom is 0.179 e. The molecule has 0 saturated heterocycles. The summed E-state index contributed by atoms with van der Waals surface area (Å²) in [5.41, 5.74) is 6.63. The van der Waals surface area contributed by atoms with Crippen LogP contribution in [0.1, 0.15) is 12.0 Å². The van der Waals surface area contributed by atoms with Crippen molar-refractivity contribution in [3.8, 4) is 11.5 Å². The molecule has 1 aliphatic rings. The van der Waals surface area contributed by atoms with Gasteiger partial charge in [-0.15, -0.1) is 0 Å². The fourth-order valence-electron chi connectivity index (χ4n) is 2.01. The Balaban J connectivity index is 2.07. The third kappa shape index (κ3) is 3.28. The van der Waals surface area contributed by atoms with E-state index < -0.39 is 0 Å². The summed E-state index contributed by atoms with van der Waals surface area (Å²) in [5, 5.41) is 0.620. The van der Waals surface area contributed by atoms with Gasteiger partial charge in [0.1, 0.15) is 13.2 Å². The highest BCUT2D eigenvalue weighted by atomic mass is 35.5. The molecule has 1 heterocycles. The second-order valence-electron chi connectivity index (χ2n) is 4.48. The molecular formula is C13H19ClN2O2. The van der Waals surface area contributed by atoms with Crippen molar-refractivity contribution in [3.05, 3.63) is 22.7 Å². The third-order valence-corrected chi connectivity index (χ3v) is 3.13. The van der Waals surface area contributed by atoms with E-state index in [1.165, 1.54) is 0 Å². The van der Waals surface area contributed by atoms with E-state index >= 15 is 0 Å². The topological polar surface area (TPSA) is 47.7 Å². The van der Waals surface area contributed by atoms with E-state index in [2.05, 4.69) is 11.9 Å². The van der Waals surface area contributed by atoms with Gasteiger partial charge in [0.2, 0.25) is 0 Å². The number of benzene rings is 1. The summed E-state index contributed by atoms with van der Waals surface area (Å²) in [6, 6.07) is 3.94. The van der Waals surface area contributed by atoms with Crippen LogP contribution in [0.5, 0.6) is 11.5 Å². The van der Waals surface area contributed by atoms with Gasteiger partial charge in [0, 0.05) is 6.54 Å². The van der Waals surface area contributed by atoms with Gasteiger partial charge in [0.15, 0.2) is 11.5 Å². The maximum atomic E-state index is 6.19. The average molecular weight is 271 g/mol. The van der Waals surface area contributed by atoms with Gasteiger partial charge in [-0.25, -0.2) is 0 Å². The monoisotopic (exact) mass is 270 g/mol. The van der Waals surface area contributed by atoms with E-state index in [0.29, 0.717) is 30.5 Å². The lowest BCUT2D eigenvalue weighted by Crippen LogP contribution is -2.22. The fraction of sp³-hybridized carbons (Fsp3) is 0.538. The Bertz CT molecular complexity index is 412. The minimum Gasteiger partial charge on any atom is -0.486 e. The molecule has 5 heteroatoms. The highest BCUT2D eigenvalue weighted by molar-refractivity contribution is 6.32. The summed E-state index contributed by atoms with van der Waals surface area (Å²) in [6.45, 7) is 3.66. The molecule has 18 heavy (non-hydrogen) atoms. The third-order valence-electron chi connectivity index (χ3n) is 2.85. The molecule has 1 aromatic carbocycles. The zero-order chi connectivity index (χ0) is 13.0. The number of hydrogen-bond donors (Lipinski definition) is 1. The highest BCUT2D eigenvalue weighted by Crippen LogP contribution is 2.38. The van der Waals surface area contributed by atoms with Crippen molar-refractivity contribution in [2.75, 3.05) is 33.4 Å². The Morgan fingerprint density at radius 3 is 2.89 bits per heavy atom. The molecule has 0 unspecified atom stereocenters. The van der Waals surface area contributed by atoms with Crippen molar-refractivity contribution >= 4 is 11.6 Å². The van der Waals surface area contributed by atoms with Crippen molar-refractivity contribution in [3.63, 3.8) is 0 Å². The first-order chi connectivity index (χ1) is 8.70. The first-order valence-corrected chi connectivity index (χ1v) is 6.55. The van der Waals surface area contributed by atoms with Crippen molar-refractivity contribution in [1.29, 1.82) is 0 Å². The zero-order valence-corrected chi connectivity index (χ0v) is 11.4. The lowest BCUT2D eigenvalue weighted by Gasteiger charge is -2.22. The molecule has 1 aliphatic heterocycles. The van der Waals surface area contributed by atoms with Gasteiger partial charge in [0.25, 0.3) is 0 Å². The highest BCUT2D eigenvalue weighted by Gasteiger charge is 2.16. The van der Waals surface area contributed by atoms with E-state index in [4.69, 9.17) is 26.8 Å². The molecule has 4 nitrogen and oxygen atoms in total. The van der Waals surface area contributed by atoms with E-state index in [-0.39, 0.29) is 0 Å². The SMILES string of the molecule is CN(CCCN)Cc1cc(Cl)c2c(c1)OCCO2. The first kappa shape index (κ1) is 13.5. The summed E-state index contributed by atoms with van der Waals surface area (Å²) in [4.78, 5) is 2.22. The predicted molar refractivity (Wildman–Crippen MR) is 72.4 cm³/mol. The summed E-state index contributed by atoms with van der Waals surface area (Å²) >= 11 is 6.19. The van der Waals surface area contributed by atoms with Gasteiger partial charge in [-0.2, -0.15) is 0 Å². The van der Waals surface area contributed by atoms with Gasteiger partial charge in [-0.3, -0.25) is 0 Å². The normalized spacial score (nSPS) is 14.0. The molecule has 0 radical (unpaired) electrons. The van der Waals surface area contributed by atoms with E-state index in [1.54, 1.807) is 0 Å². The van der Waals surface area contributed by atoms with Crippen LogP contribution in [0.3, 0.4) is 0 Å². The van der Waals surface area contributed by atoms with E-state index in [0.717, 1.165) is 30.8 Å². The molecule has 0 fully saturated rings. The van der Waals surface area contributed by atoms with Gasteiger partial charge in [0.05, 0.1) is 5.02 Å². The van der Waals surface area contributed by atoms with Gasteiger partial charge in [-0.05, 0) is 44.3 Å². The Kier molecular flexibility index (Phi) is 4.69. The Labute approximate surface area is 113 Å². The zero-order valence-electron chi connectivity index (χ0n) is 10.6. The van der Waals surface area contributed by atoms with Crippen LogP contribution in [0.15, 0.2) is 12.1 Å². The molecule has 0 saturated carbocycles. The molecule has 0 atom stereocenters. The van der Waals surface area contributed by atoms with Crippen LogP contribution in [0.2, 0.25) is 5.02 Å². The standard InChI is InChI=1S/C13H19ClN2O2/c1-16(4-2-3-15)9-10-7-11(14)13-12(8-10)17-5-6-18-13/h7-8H,2-6,9,15H2,1H3. The number of fused-ring (bicyclic) bond motifs is 1. The van der Waals surface area contributed by atoms with Gasteiger partial charge in [-0.1, -0.05) is 11.6 Å². The molecular weight excluding hydrogens is 252 g/mol. The molecule has 2 N–H and O–H groups in total. The van der Waals surface area contributed by atoms with Gasteiger partial charge < -0.3 is 20.1 Å². The summed E-state index contributed by atoms with van der Waals surface area (Å²) in [7, 11) is 2.07. The molecule has 2 rings (SSSR count). The second-order valence-corrected chi connectivity index (χ2v) is 4.89. The van der Waals surface area contributed by atoms with Gasteiger partial charge >= 0.3 is 0 Å². The second kappa shape index (κ2) is 6.27. The fourth-order valence-corrected chi connectivity index (χ4v) is 2.30. The lowest BCUT2D eigenvalue weighted by molar-refractivity contribution is 0.171. The smallest absolute Gasteiger partial charge is 0.179 e. The van der Waals surface area contributed by atoms with E-state index in [9.17, 15) is 0 Å². The van der Waals surface area contributed by atoms with Crippen LogP contribution in [0.25, 0.3) is 0 Å². The summed E-state index contributed by atoms with van der Waals surface area (Å²) < 4.78 is 11.1. The number of nitrogens with zero attached hydrogens (tertiary/aromatic N) is 1. The van der Waals surface area contributed by atoms with Crippen molar-refractivity contribution in [1.82, 2.24) is 4.90 Å². The molecule has 1 aromatic rings. The average Bonchev–Trinajstić information content (AvgIpc) is 2.36. The van der Waals surface area contributed by atoms with E-state index in [1.807, 2.05) is 12.1 Å². The summed E-state index contributed by atoms with van der Waals surface area (Å²) in [6.07, 6.45) is 0.995. The van der Waals surface area contributed by atoms with Crippen LogP contribution in [0, 0.1) is 0 Å². The molecule has 100 valence electrons. The van der Waals surface area contributed by atoms with Crippen LogP contribution >= 0.6 is 11.6 Å². The molecule has 0 aromatic heterocycles. The van der Waals surface area contributed by atoms with Crippen LogP contribution < -0.4 is 15.2 Å². The van der Waals surface area contributed by atoms with Crippen LogP contribution in [0.4, 0.5) is 0 Å². The minimum atomic E-state index is 0.558. The number of halogens is 1. The quantitative estimate of drug-likeness (QED) is 0.888. The van der Waals surface area contributed by atoms with Crippen molar-refractivity contribution < 1.29 is 9.47 Å². The Hall–Kier alpha value is -0.970. The minimum absolute atomic E-state index is 0.558. The molecule has 0 bridgehead atoms. The van der Waals surface area contributed by atoms with Crippen molar-refractivity contribution in [2.45, 2.75) is 13.0 Å². The largest absolute Gasteiger partial charge is 0.486 e. The number of rotatable bonds is 5. The molecule has 0 amide bonds. The molecule has 0 spiro atoms.